The van der Waals surface area contributed by atoms with Crippen LogP contribution in [0, 0.1) is 11.3 Å². The number of hydrogen-bond donors (Lipinski definition) is 1. The summed E-state index contributed by atoms with van der Waals surface area (Å²) in [6.07, 6.45) is 11.0. The Bertz CT molecular complexity index is 561. The molecular formula is C17H20O4. The first kappa shape index (κ1) is 13.1. The molecule has 1 heterocycles. The largest absolute Gasteiger partial charge is 0.493 e. The number of rotatable bonds is 1. The molecule has 112 valence electrons. The quantitative estimate of drug-likeness (QED) is 0.806. The van der Waals surface area contributed by atoms with Gasteiger partial charge in [-0.2, -0.15) is 0 Å². The van der Waals surface area contributed by atoms with Gasteiger partial charge in [-0.1, -0.05) is 12.2 Å². The maximum atomic E-state index is 11.2. The van der Waals surface area contributed by atoms with Crippen LogP contribution in [0.3, 0.4) is 0 Å². The van der Waals surface area contributed by atoms with Crippen LogP contribution in [0.2, 0.25) is 0 Å². The second-order valence-electron chi connectivity index (χ2n) is 6.49. The Labute approximate surface area is 124 Å². The van der Waals surface area contributed by atoms with E-state index in [1.165, 1.54) is 11.1 Å². The lowest BCUT2D eigenvalue weighted by molar-refractivity contribution is -0.143. The molecule has 0 amide bonds. The van der Waals surface area contributed by atoms with Crippen LogP contribution >= 0.6 is 0 Å². The van der Waals surface area contributed by atoms with E-state index in [2.05, 4.69) is 18.2 Å². The molecule has 0 aromatic heterocycles. The predicted octanol–water partition coefficient (Wildman–Crippen LogP) is 2.82. The zero-order valence-corrected chi connectivity index (χ0v) is 12.0. The Hall–Kier alpha value is -1.55. The van der Waals surface area contributed by atoms with Gasteiger partial charge in [-0.15, -0.1) is 0 Å². The highest BCUT2D eigenvalue weighted by Crippen LogP contribution is 2.53. The molecule has 0 aromatic rings. The summed E-state index contributed by atoms with van der Waals surface area (Å²) in [5.41, 5.74) is 2.77. The third-order valence-corrected chi connectivity index (χ3v) is 5.43. The number of carbonyl (C=O) groups is 1. The van der Waals surface area contributed by atoms with Crippen LogP contribution < -0.4 is 0 Å². The summed E-state index contributed by atoms with van der Waals surface area (Å²) in [6.45, 7) is 1.30. The second kappa shape index (κ2) is 4.73. The Balaban J connectivity index is 1.59. The van der Waals surface area contributed by atoms with Crippen LogP contribution in [0.4, 0.5) is 0 Å². The fraction of sp³-hybridized carbons (Fsp3) is 0.588. The summed E-state index contributed by atoms with van der Waals surface area (Å²) in [4.78, 5) is 11.2. The minimum atomic E-state index is -0.643. The number of aliphatic carboxylic acids is 1. The molecule has 1 unspecified atom stereocenters. The standard InChI is InChI=1S/C17H20O4/c18-16(19)11-1-4-17(5-2-11)6-3-12-9-14-15(10-13(12)17)21-8-7-20-14/h3,6,9,11,15H,1-2,4-5,7-8,10H2,(H,18,19). The van der Waals surface area contributed by atoms with Crippen LogP contribution in [0.25, 0.3) is 0 Å². The third kappa shape index (κ3) is 2.04. The Morgan fingerprint density at radius 2 is 2.10 bits per heavy atom. The molecule has 1 atom stereocenters. The van der Waals surface area contributed by atoms with Gasteiger partial charge in [0.25, 0.3) is 0 Å². The van der Waals surface area contributed by atoms with Crippen molar-refractivity contribution in [1.29, 1.82) is 0 Å². The lowest BCUT2D eigenvalue weighted by Gasteiger charge is -2.40. The van der Waals surface area contributed by atoms with Gasteiger partial charge >= 0.3 is 5.97 Å². The van der Waals surface area contributed by atoms with Crippen molar-refractivity contribution in [2.24, 2.45) is 11.3 Å². The fourth-order valence-corrected chi connectivity index (χ4v) is 4.20. The minimum Gasteiger partial charge on any atom is -0.493 e. The second-order valence-corrected chi connectivity index (χ2v) is 6.49. The van der Waals surface area contributed by atoms with Crippen LogP contribution in [0.15, 0.2) is 35.1 Å². The highest BCUT2D eigenvalue weighted by molar-refractivity contribution is 5.70. The summed E-state index contributed by atoms with van der Waals surface area (Å²) in [5.74, 6) is 0.148. The molecule has 2 fully saturated rings. The SMILES string of the molecule is O=C(O)C1CCC2(C=CC3=C2CC2OCCOC2=C3)CC1. The summed E-state index contributed by atoms with van der Waals surface area (Å²) in [6, 6.07) is 0. The summed E-state index contributed by atoms with van der Waals surface area (Å²) < 4.78 is 11.5. The summed E-state index contributed by atoms with van der Waals surface area (Å²) in [7, 11) is 0. The van der Waals surface area contributed by atoms with Gasteiger partial charge in [0.05, 0.1) is 12.5 Å². The number of hydrogen-bond acceptors (Lipinski definition) is 3. The normalized spacial score (nSPS) is 37.8. The molecule has 1 N–H and O–H groups in total. The average Bonchev–Trinajstić information content (AvgIpc) is 2.84. The van der Waals surface area contributed by atoms with Crippen LogP contribution in [-0.2, 0) is 14.3 Å². The van der Waals surface area contributed by atoms with Crippen LogP contribution in [0.5, 0.6) is 0 Å². The van der Waals surface area contributed by atoms with Crippen molar-refractivity contribution in [3.05, 3.63) is 35.1 Å². The van der Waals surface area contributed by atoms with Gasteiger partial charge in [0.1, 0.15) is 18.5 Å². The number of allylic oxidation sites excluding steroid dienone is 4. The zero-order valence-electron chi connectivity index (χ0n) is 12.0. The van der Waals surface area contributed by atoms with Gasteiger partial charge in [0.2, 0.25) is 0 Å². The van der Waals surface area contributed by atoms with E-state index in [-0.39, 0.29) is 17.4 Å². The van der Waals surface area contributed by atoms with Gasteiger partial charge < -0.3 is 14.6 Å². The molecule has 0 aromatic carbocycles. The molecule has 4 nitrogen and oxygen atoms in total. The number of carboxylic acids is 1. The average molecular weight is 288 g/mol. The first-order chi connectivity index (χ1) is 10.2. The molecule has 0 bridgehead atoms. The molecule has 1 saturated carbocycles. The predicted molar refractivity (Wildman–Crippen MR) is 76.6 cm³/mol. The van der Waals surface area contributed by atoms with E-state index in [4.69, 9.17) is 9.47 Å². The maximum Gasteiger partial charge on any atom is 0.306 e. The topological polar surface area (TPSA) is 55.8 Å². The van der Waals surface area contributed by atoms with Crippen molar-refractivity contribution >= 4 is 5.97 Å². The van der Waals surface area contributed by atoms with Crippen molar-refractivity contribution in [2.45, 2.75) is 38.2 Å². The van der Waals surface area contributed by atoms with Gasteiger partial charge in [0, 0.05) is 11.8 Å². The maximum absolute atomic E-state index is 11.2. The van der Waals surface area contributed by atoms with E-state index in [0.29, 0.717) is 13.2 Å². The number of ether oxygens (including phenoxy) is 2. The van der Waals surface area contributed by atoms with E-state index in [0.717, 1.165) is 37.9 Å². The molecule has 4 aliphatic rings. The van der Waals surface area contributed by atoms with E-state index in [1.807, 2.05) is 0 Å². The lowest BCUT2D eigenvalue weighted by atomic mass is 9.65. The number of fused-ring (bicyclic) bond motifs is 2. The zero-order chi connectivity index (χ0) is 14.4. The Morgan fingerprint density at radius 3 is 2.86 bits per heavy atom. The Kier molecular flexibility index (Phi) is 2.96. The van der Waals surface area contributed by atoms with Gasteiger partial charge in [-0.05, 0) is 42.9 Å². The smallest absolute Gasteiger partial charge is 0.306 e. The fourth-order valence-electron chi connectivity index (χ4n) is 4.20. The van der Waals surface area contributed by atoms with Crippen molar-refractivity contribution in [2.75, 3.05) is 13.2 Å². The first-order valence-corrected chi connectivity index (χ1v) is 7.80. The summed E-state index contributed by atoms with van der Waals surface area (Å²) in [5, 5.41) is 9.18. The van der Waals surface area contributed by atoms with Gasteiger partial charge in [0.15, 0.2) is 0 Å². The molecule has 21 heavy (non-hydrogen) atoms. The molecule has 1 spiro atoms. The van der Waals surface area contributed by atoms with Gasteiger partial charge in [-0.3, -0.25) is 4.79 Å². The van der Waals surface area contributed by atoms with E-state index < -0.39 is 5.97 Å². The van der Waals surface area contributed by atoms with E-state index in [9.17, 15) is 9.90 Å². The van der Waals surface area contributed by atoms with Crippen molar-refractivity contribution < 1.29 is 19.4 Å². The lowest BCUT2D eigenvalue weighted by Crippen LogP contribution is -2.35. The molecule has 3 aliphatic carbocycles. The van der Waals surface area contributed by atoms with Crippen molar-refractivity contribution in [3.63, 3.8) is 0 Å². The first-order valence-electron chi connectivity index (χ1n) is 7.80. The highest BCUT2D eigenvalue weighted by Gasteiger charge is 2.44. The molecule has 4 rings (SSSR count). The third-order valence-electron chi connectivity index (χ3n) is 5.43. The van der Waals surface area contributed by atoms with Crippen molar-refractivity contribution in [1.82, 2.24) is 0 Å². The molecule has 1 aliphatic heterocycles. The Morgan fingerprint density at radius 1 is 1.29 bits per heavy atom. The van der Waals surface area contributed by atoms with Crippen LogP contribution in [0.1, 0.15) is 32.1 Å². The molecule has 4 heteroatoms. The molecular weight excluding hydrogens is 268 g/mol. The summed E-state index contributed by atoms with van der Waals surface area (Å²) >= 11 is 0. The van der Waals surface area contributed by atoms with Gasteiger partial charge in [-0.25, -0.2) is 0 Å². The highest BCUT2D eigenvalue weighted by atomic mass is 16.6. The van der Waals surface area contributed by atoms with Crippen molar-refractivity contribution in [3.8, 4) is 0 Å². The molecule has 1 saturated heterocycles. The van der Waals surface area contributed by atoms with E-state index in [1.54, 1.807) is 0 Å². The molecule has 0 radical (unpaired) electrons. The monoisotopic (exact) mass is 288 g/mol. The number of carboxylic acid groups (broad SMARTS) is 1. The van der Waals surface area contributed by atoms with Crippen LogP contribution in [-0.4, -0.2) is 30.4 Å². The van der Waals surface area contributed by atoms with E-state index >= 15 is 0 Å². The minimum absolute atomic E-state index is 0.0615.